The minimum absolute atomic E-state index is 0.00287. The van der Waals surface area contributed by atoms with Gasteiger partial charge in [0.1, 0.15) is 0 Å². The second kappa shape index (κ2) is 4.24. The van der Waals surface area contributed by atoms with Gasteiger partial charge >= 0.3 is 6.18 Å². The van der Waals surface area contributed by atoms with Gasteiger partial charge in [0.25, 0.3) is 0 Å². The number of allylic oxidation sites excluding steroid dienone is 1. The first kappa shape index (κ1) is 11.4. The highest BCUT2D eigenvalue weighted by atomic mass is 35.5. The summed E-state index contributed by atoms with van der Waals surface area (Å²) < 4.78 is 37.0. The molecule has 0 aromatic heterocycles. The topological polar surface area (TPSA) is 0 Å². The van der Waals surface area contributed by atoms with Crippen LogP contribution < -0.4 is 0 Å². The van der Waals surface area contributed by atoms with Gasteiger partial charge in [-0.25, -0.2) is 0 Å². The Morgan fingerprint density at radius 1 is 1.14 bits per heavy atom. The molecule has 0 fully saturated rings. The number of alkyl halides is 3. The van der Waals surface area contributed by atoms with Gasteiger partial charge in [0.2, 0.25) is 0 Å². The lowest BCUT2D eigenvalue weighted by Crippen LogP contribution is -2.09. The average Bonchev–Trinajstić information content (AvgIpc) is 2.07. The second-order valence-electron chi connectivity index (χ2n) is 2.53. The van der Waals surface area contributed by atoms with E-state index in [9.17, 15) is 13.2 Å². The minimum atomic E-state index is -4.45. The van der Waals surface area contributed by atoms with Gasteiger partial charge < -0.3 is 0 Å². The van der Waals surface area contributed by atoms with Crippen LogP contribution in [0.4, 0.5) is 13.2 Å². The predicted molar refractivity (Wildman–Crippen MR) is 51.3 cm³/mol. The third kappa shape index (κ3) is 2.66. The van der Waals surface area contributed by atoms with Crippen LogP contribution in [-0.2, 0) is 0 Å². The van der Waals surface area contributed by atoms with E-state index in [0.717, 1.165) is 0 Å². The van der Waals surface area contributed by atoms with E-state index in [0.29, 0.717) is 10.6 Å². The molecule has 0 aliphatic rings. The van der Waals surface area contributed by atoms with E-state index < -0.39 is 11.7 Å². The molecule has 0 heterocycles. The first-order valence-electron chi connectivity index (χ1n) is 3.58. The van der Waals surface area contributed by atoms with Crippen LogP contribution in [0.2, 0.25) is 5.02 Å². The molecule has 5 heteroatoms. The van der Waals surface area contributed by atoms with Crippen LogP contribution in [0.15, 0.2) is 29.8 Å². The van der Waals surface area contributed by atoms with E-state index in [4.69, 9.17) is 23.2 Å². The number of hydrogen-bond donors (Lipinski definition) is 0. The molecule has 1 aromatic rings. The van der Waals surface area contributed by atoms with E-state index >= 15 is 0 Å². The molecular weight excluding hydrogens is 236 g/mol. The van der Waals surface area contributed by atoms with E-state index in [-0.39, 0.29) is 5.56 Å². The fourth-order valence-electron chi connectivity index (χ4n) is 0.918. The fraction of sp³-hybridized carbons (Fsp3) is 0.111. The maximum absolute atomic E-state index is 12.3. The summed E-state index contributed by atoms with van der Waals surface area (Å²) in [5, 5.41) is 0.379. The van der Waals surface area contributed by atoms with Gasteiger partial charge in [0.15, 0.2) is 0 Å². The highest BCUT2D eigenvalue weighted by molar-refractivity contribution is 6.30. The molecule has 76 valence electrons. The van der Waals surface area contributed by atoms with Crippen LogP contribution >= 0.6 is 23.2 Å². The summed E-state index contributed by atoms with van der Waals surface area (Å²) in [5.41, 5.74) is -0.365. The van der Waals surface area contributed by atoms with Crippen molar-refractivity contribution in [1.82, 2.24) is 0 Å². The van der Waals surface area contributed by atoms with Gasteiger partial charge in [0.05, 0.1) is 5.57 Å². The first-order valence-corrected chi connectivity index (χ1v) is 4.40. The van der Waals surface area contributed by atoms with Crippen molar-refractivity contribution >= 4 is 28.8 Å². The molecule has 0 saturated carbocycles. The van der Waals surface area contributed by atoms with E-state index in [1.165, 1.54) is 24.3 Å². The molecule has 0 unspecified atom stereocenters. The summed E-state index contributed by atoms with van der Waals surface area (Å²) in [6.45, 7) is 0. The summed E-state index contributed by atoms with van der Waals surface area (Å²) in [5.74, 6) is 0. The van der Waals surface area contributed by atoms with Gasteiger partial charge in [-0.3, -0.25) is 0 Å². The minimum Gasteiger partial charge on any atom is -0.166 e. The molecular formula is C9H5Cl2F3. The van der Waals surface area contributed by atoms with Crippen LogP contribution in [0.5, 0.6) is 0 Å². The second-order valence-corrected chi connectivity index (χ2v) is 3.18. The van der Waals surface area contributed by atoms with Crippen molar-refractivity contribution in [3.63, 3.8) is 0 Å². The Labute approximate surface area is 88.9 Å². The van der Waals surface area contributed by atoms with E-state index in [2.05, 4.69) is 0 Å². The first-order chi connectivity index (χ1) is 6.45. The van der Waals surface area contributed by atoms with Crippen molar-refractivity contribution in [1.29, 1.82) is 0 Å². The molecule has 0 amide bonds. The Hall–Kier alpha value is -0.670. The zero-order valence-electron chi connectivity index (χ0n) is 6.78. The Kier molecular flexibility index (Phi) is 3.45. The molecule has 0 bridgehead atoms. The van der Waals surface area contributed by atoms with E-state index in [1.807, 2.05) is 0 Å². The predicted octanol–water partition coefficient (Wildman–Crippen LogP) is 4.48. The molecule has 0 nitrogen and oxygen atoms in total. The van der Waals surface area contributed by atoms with Crippen molar-refractivity contribution < 1.29 is 13.2 Å². The third-order valence-electron chi connectivity index (χ3n) is 1.57. The molecule has 1 rings (SSSR count). The van der Waals surface area contributed by atoms with Crippen LogP contribution in [0.3, 0.4) is 0 Å². The van der Waals surface area contributed by atoms with Crippen molar-refractivity contribution in [2.75, 3.05) is 0 Å². The SMILES string of the molecule is FC(F)(F)/C(=C\Cl)c1ccc(Cl)cc1. The molecule has 0 radical (unpaired) electrons. The molecule has 1 aromatic carbocycles. The van der Waals surface area contributed by atoms with Crippen LogP contribution in [-0.4, -0.2) is 6.18 Å². The molecule has 0 aliphatic heterocycles. The molecule has 0 atom stereocenters. The number of hydrogen-bond acceptors (Lipinski definition) is 0. The summed E-state index contributed by atoms with van der Waals surface area (Å²) >= 11 is 10.7. The molecule has 0 aliphatic carbocycles. The van der Waals surface area contributed by atoms with E-state index in [1.54, 1.807) is 0 Å². The van der Waals surface area contributed by atoms with Gasteiger partial charge in [-0.05, 0) is 17.7 Å². The quantitative estimate of drug-likeness (QED) is 0.679. The van der Waals surface area contributed by atoms with Crippen molar-refractivity contribution in [2.24, 2.45) is 0 Å². The lowest BCUT2D eigenvalue weighted by Gasteiger charge is -2.10. The number of rotatable bonds is 1. The largest absolute Gasteiger partial charge is 0.417 e. The number of benzene rings is 1. The van der Waals surface area contributed by atoms with Crippen LogP contribution in [0.25, 0.3) is 5.57 Å². The zero-order chi connectivity index (χ0) is 10.8. The smallest absolute Gasteiger partial charge is 0.166 e. The standard InChI is InChI=1S/C9H5Cl2F3/c10-5-8(9(12,13)14)6-1-3-7(11)4-2-6/h1-5H/b8-5-. The Morgan fingerprint density at radius 2 is 1.64 bits per heavy atom. The monoisotopic (exact) mass is 240 g/mol. The Balaban J connectivity index is 3.10. The van der Waals surface area contributed by atoms with Gasteiger partial charge in [-0.2, -0.15) is 13.2 Å². The molecule has 14 heavy (non-hydrogen) atoms. The summed E-state index contributed by atoms with van der Waals surface area (Å²) in [6.07, 6.45) is -4.45. The van der Waals surface area contributed by atoms with Crippen molar-refractivity contribution in [3.8, 4) is 0 Å². The Morgan fingerprint density at radius 3 is 2.00 bits per heavy atom. The van der Waals surface area contributed by atoms with Crippen LogP contribution in [0.1, 0.15) is 5.56 Å². The average molecular weight is 241 g/mol. The summed E-state index contributed by atoms with van der Waals surface area (Å²) in [4.78, 5) is 0. The van der Waals surface area contributed by atoms with Gasteiger partial charge in [-0.1, -0.05) is 35.3 Å². The third-order valence-corrected chi connectivity index (χ3v) is 2.04. The maximum atomic E-state index is 12.3. The fourth-order valence-corrected chi connectivity index (χ4v) is 1.29. The summed E-state index contributed by atoms with van der Waals surface area (Å²) in [7, 11) is 0. The van der Waals surface area contributed by atoms with Crippen molar-refractivity contribution in [2.45, 2.75) is 6.18 Å². The van der Waals surface area contributed by atoms with Gasteiger partial charge in [-0.15, -0.1) is 0 Å². The molecule has 0 spiro atoms. The highest BCUT2D eigenvalue weighted by Gasteiger charge is 2.34. The Bertz CT molecular complexity index is 338. The lowest BCUT2D eigenvalue weighted by atomic mass is 10.1. The van der Waals surface area contributed by atoms with Crippen molar-refractivity contribution in [3.05, 3.63) is 40.4 Å². The lowest BCUT2D eigenvalue weighted by molar-refractivity contribution is -0.0687. The van der Waals surface area contributed by atoms with Gasteiger partial charge in [0, 0.05) is 10.6 Å². The maximum Gasteiger partial charge on any atom is 0.417 e. The van der Waals surface area contributed by atoms with Crippen LogP contribution in [0, 0.1) is 0 Å². The zero-order valence-corrected chi connectivity index (χ0v) is 8.29. The normalized spacial score (nSPS) is 13.1. The summed E-state index contributed by atoms with van der Waals surface area (Å²) in [6, 6.07) is 5.29. The molecule has 0 saturated heterocycles. The molecule has 0 N–H and O–H groups in total. The number of halogens is 5. The highest BCUT2D eigenvalue weighted by Crippen LogP contribution is 2.34.